The van der Waals surface area contributed by atoms with Gasteiger partial charge in [-0.15, -0.1) is 0 Å². The van der Waals surface area contributed by atoms with Gasteiger partial charge in [0.15, 0.2) is 5.76 Å². The molecule has 0 radical (unpaired) electrons. The Hall–Kier alpha value is -2.57. The third-order valence-corrected chi connectivity index (χ3v) is 5.02. The lowest BCUT2D eigenvalue weighted by Crippen LogP contribution is -2.53. The van der Waals surface area contributed by atoms with Crippen molar-refractivity contribution >= 4 is 11.8 Å². The first-order valence-corrected chi connectivity index (χ1v) is 8.71. The van der Waals surface area contributed by atoms with Crippen LogP contribution in [0, 0.1) is 6.92 Å². The molecule has 0 bridgehead atoms. The van der Waals surface area contributed by atoms with Gasteiger partial charge in [0.05, 0.1) is 17.8 Å². The van der Waals surface area contributed by atoms with Crippen molar-refractivity contribution in [2.75, 3.05) is 0 Å². The zero-order chi connectivity index (χ0) is 17.6. The van der Waals surface area contributed by atoms with Crippen LogP contribution in [0.1, 0.15) is 53.7 Å². The van der Waals surface area contributed by atoms with E-state index in [1.807, 2.05) is 24.9 Å². The van der Waals surface area contributed by atoms with Gasteiger partial charge in [-0.05, 0) is 44.4 Å². The molecular weight excluding hydrogens is 320 g/mol. The quantitative estimate of drug-likeness (QED) is 0.921. The molecule has 1 aliphatic carbocycles. The number of hydrogen-bond acceptors (Lipinski definition) is 4. The number of nitrogens with one attached hydrogen (secondary N) is 1. The van der Waals surface area contributed by atoms with Crippen molar-refractivity contribution in [2.45, 2.75) is 50.7 Å². The zero-order valence-electron chi connectivity index (χ0n) is 14.4. The largest absolute Gasteiger partial charge is 0.456 e. The summed E-state index contributed by atoms with van der Waals surface area (Å²) in [6.07, 6.45) is 4.85. The van der Waals surface area contributed by atoms with Gasteiger partial charge in [-0.3, -0.25) is 14.3 Å². The predicted molar refractivity (Wildman–Crippen MR) is 89.8 cm³/mol. The van der Waals surface area contributed by atoms with Crippen LogP contribution in [0.15, 0.2) is 28.8 Å². The van der Waals surface area contributed by atoms with E-state index in [1.54, 1.807) is 23.0 Å². The molecule has 2 aromatic heterocycles. The van der Waals surface area contributed by atoms with Gasteiger partial charge in [0.1, 0.15) is 5.76 Å². The molecule has 0 unspecified atom stereocenters. The standard InChI is InChI=1S/C18H22N4O3/c1-11-3-7-15(25-11)18(24)20-13-6-8-16(23)22(12-4-5-12)17(13)14-9-10-19-21(14)2/h3,7,9-10,12-13,17H,4-6,8H2,1-2H3,(H,20,24)/t13-,17-/m1/s1. The van der Waals surface area contributed by atoms with Crippen LogP contribution in [0.3, 0.4) is 0 Å². The molecular formula is C18H22N4O3. The summed E-state index contributed by atoms with van der Waals surface area (Å²) in [4.78, 5) is 27.1. The summed E-state index contributed by atoms with van der Waals surface area (Å²) in [5.74, 6) is 0.922. The lowest BCUT2D eigenvalue weighted by atomic mass is 9.92. The molecule has 1 N–H and O–H groups in total. The van der Waals surface area contributed by atoms with E-state index in [2.05, 4.69) is 10.4 Å². The number of aryl methyl sites for hydroxylation is 2. The number of hydrogen-bond donors (Lipinski definition) is 1. The number of furan rings is 1. The third-order valence-electron chi connectivity index (χ3n) is 5.02. The molecule has 0 aromatic carbocycles. The number of carbonyl (C=O) groups is 2. The number of likely N-dealkylation sites (tertiary alicyclic amines) is 1. The van der Waals surface area contributed by atoms with Crippen LogP contribution in [-0.4, -0.2) is 38.6 Å². The maximum atomic E-state index is 12.6. The van der Waals surface area contributed by atoms with Crippen LogP contribution in [-0.2, 0) is 11.8 Å². The highest BCUT2D eigenvalue weighted by Crippen LogP contribution is 2.40. The summed E-state index contributed by atoms with van der Waals surface area (Å²) in [7, 11) is 1.87. The average Bonchev–Trinajstić information content (AvgIpc) is 3.18. The maximum Gasteiger partial charge on any atom is 0.287 e. The highest BCUT2D eigenvalue weighted by Gasteiger charge is 2.45. The Bertz CT molecular complexity index is 805. The molecule has 1 saturated carbocycles. The molecule has 7 nitrogen and oxygen atoms in total. The van der Waals surface area contributed by atoms with E-state index in [-0.39, 0.29) is 29.9 Å². The van der Waals surface area contributed by atoms with E-state index in [0.717, 1.165) is 18.5 Å². The first-order chi connectivity index (χ1) is 12.0. The Balaban J connectivity index is 1.63. The molecule has 2 amide bonds. The molecule has 25 heavy (non-hydrogen) atoms. The van der Waals surface area contributed by atoms with Gasteiger partial charge in [0.2, 0.25) is 5.91 Å². The second-order valence-corrected chi connectivity index (χ2v) is 6.89. The summed E-state index contributed by atoms with van der Waals surface area (Å²) < 4.78 is 7.22. The molecule has 132 valence electrons. The SMILES string of the molecule is Cc1ccc(C(=O)N[C@@H]2CCC(=O)N(C3CC3)[C@H]2c2ccnn2C)o1. The summed E-state index contributed by atoms with van der Waals surface area (Å²) in [6, 6.07) is 5.30. The van der Waals surface area contributed by atoms with Crippen molar-refractivity contribution in [3.05, 3.63) is 41.6 Å². The molecule has 3 heterocycles. The first-order valence-electron chi connectivity index (χ1n) is 8.71. The van der Waals surface area contributed by atoms with E-state index < -0.39 is 0 Å². The van der Waals surface area contributed by atoms with Crippen LogP contribution in [0.4, 0.5) is 0 Å². The van der Waals surface area contributed by atoms with Gasteiger partial charge in [-0.25, -0.2) is 0 Å². The zero-order valence-corrected chi connectivity index (χ0v) is 14.4. The van der Waals surface area contributed by atoms with Crippen LogP contribution in [0.2, 0.25) is 0 Å². The molecule has 1 aliphatic heterocycles. The minimum absolute atomic E-state index is 0.160. The Morgan fingerprint density at radius 2 is 2.08 bits per heavy atom. The second kappa shape index (κ2) is 6.06. The fourth-order valence-corrected chi connectivity index (χ4v) is 3.67. The fraction of sp³-hybridized carbons (Fsp3) is 0.500. The normalized spacial score (nSPS) is 23.8. The number of amides is 2. The lowest BCUT2D eigenvalue weighted by Gasteiger charge is -2.41. The second-order valence-electron chi connectivity index (χ2n) is 6.89. The van der Waals surface area contributed by atoms with E-state index in [1.165, 1.54) is 0 Å². The number of nitrogens with zero attached hydrogens (tertiary/aromatic N) is 3. The van der Waals surface area contributed by atoms with E-state index in [0.29, 0.717) is 24.4 Å². The molecule has 0 spiro atoms. The summed E-state index contributed by atoms with van der Waals surface area (Å²) in [5, 5.41) is 7.33. The Labute approximate surface area is 146 Å². The van der Waals surface area contributed by atoms with E-state index in [9.17, 15) is 9.59 Å². The number of aromatic nitrogens is 2. The van der Waals surface area contributed by atoms with Crippen molar-refractivity contribution < 1.29 is 14.0 Å². The van der Waals surface area contributed by atoms with Gasteiger partial charge in [0.25, 0.3) is 5.91 Å². The van der Waals surface area contributed by atoms with Crippen molar-refractivity contribution in [1.29, 1.82) is 0 Å². The first kappa shape index (κ1) is 15.9. The summed E-state index contributed by atoms with van der Waals surface area (Å²) in [6.45, 7) is 1.81. The van der Waals surface area contributed by atoms with Gasteiger partial charge in [0, 0.05) is 25.7 Å². The van der Waals surface area contributed by atoms with Crippen LogP contribution >= 0.6 is 0 Å². The topological polar surface area (TPSA) is 80.4 Å². The van der Waals surface area contributed by atoms with Gasteiger partial charge in [-0.2, -0.15) is 5.10 Å². The maximum absolute atomic E-state index is 12.6. The molecule has 1 saturated heterocycles. The third kappa shape index (κ3) is 2.94. The molecule has 2 aromatic rings. The minimum atomic E-state index is -0.240. The lowest BCUT2D eigenvalue weighted by molar-refractivity contribution is -0.138. The number of rotatable bonds is 4. The molecule has 2 atom stereocenters. The molecule has 2 fully saturated rings. The number of carbonyl (C=O) groups excluding carboxylic acids is 2. The molecule has 4 rings (SSSR count). The monoisotopic (exact) mass is 342 g/mol. The Morgan fingerprint density at radius 1 is 1.28 bits per heavy atom. The minimum Gasteiger partial charge on any atom is -0.456 e. The van der Waals surface area contributed by atoms with Crippen LogP contribution in [0.5, 0.6) is 0 Å². The average molecular weight is 342 g/mol. The highest BCUT2D eigenvalue weighted by molar-refractivity contribution is 5.92. The smallest absolute Gasteiger partial charge is 0.287 e. The van der Waals surface area contributed by atoms with Gasteiger partial charge in [-0.1, -0.05) is 0 Å². The van der Waals surface area contributed by atoms with E-state index >= 15 is 0 Å². The predicted octanol–water partition coefficient (Wildman–Crippen LogP) is 1.95. The summed E-state index contributed by atoms with van der Waals surface area (Å²) >= 11 is 0. The van der Waals surface area contributed by atoms with Crippen molar-refractivity contribution in [3.63, 3.8) is 0 Å². The van der Waals surface area contributed by atoms with Crippen LogP contribution < -0.4 is 5.32 Å². The van der Waals surface area contributed by atoms with Gasteiger partial charge < -0.3 is 14.6 Å². The number of piperidine rings is 1. The Morgan fingerprint density at radius 3 is 2.68 bits per heavy atom. The highest BCUT2D eigenvalue weighted by atomic mass is 16.3. The molecule has 7 heteroatoms. The molecule has 2 aliphatic rings. The Kier molecular flexibility index (Phi) is 3.86. The van der Waals surface area contributed by atoms with Crippen molar-refractivity contribution in [1.82, 2.24) is 20.0 Å². The van der Waals surface area contributed by atoms with Crippen molar-refractivity contribution in [2.24, 2.45) is 7.05 Å². The van der Waals surface area contributed by atoms with Gasteiger partial charge >= 0.3 is 0 Å². The summed E-state index contributed by atoms with van der Waals surface area (Å²) in [5.41, 5.74) is 0.945. The van der Waals surface area contributed by atoms with E-state index in [4.69, 9.17) is 4.42 Å². The van der Waals surface area contributed by atoms with Crippen molar-refractivity contribution in [3.8, 4) is 0 Å². The van der Waals surface area contributed by atoms with Crippen LogP contribution in [0.25, 0.3) is 0 Å². The fourth-order valence-electron chi connectivity index (χ4n) is 3.67.